The Hall–Kier alpha value is -1.95. The molecule has 0 unspecified atom stereocenters. The van der Waals surface area contributed by atoms with E-state index in [0.717, 1.165) is 35.4 Å². The highest BCUT2D eigenvalue weighted by Crippen LogP contribution is 2.21. The van der Waals surface area contributed by atoms with Gasteiger partial charge in [0.25, 0.3) is 5.91 Å². The Balaban J connectivity index is 2.23. The highest BCUT2D eigenvalue weighted by atomic mass is 16.1. The van der Waals surface area contributed by atoms with Crippen LogP contribution in [0.1, 0.15) is 28.2 Å². The third kappa shape index (κ3) is 3.39. The van der Waals surface area contributed by atoms with E-state index < -0.39 is 0 Å². The molecule has 0 aromatic carbocycles. The first-order valence-corrected chi connectivity index (χ1v) is 7.14. The molecule has 0 atom stereocenters. The van der Waals surface area contributed by atoms with Crippen LogP contribution in [0.3, 0.4) is 0 Å². The molecule has 21 heavy (non-hydrogen) atoms. The smallest absolute Gasteiger partial charge is 0.252 e. The number of nitrogens with one attached hydrogen (secondary N) is 1. The van der Waals surface area contributed by atoms with E-state index in [1.165, 1.54) is 0 Å². The lowest BCUT2D eigenvalue weighted by atomic mass is 10.1. The fraction of sp³-hybridized carbons (Fsp3) is 0.533. The van der Waals surface area contributed by atoms with Crippen LogP contribution < -0.4 is 5.32 Å². The summed E-state index contributed by atoms with van der Waals surface area (Å²) >= 11 is 0. The van der Waals surface area contributed by atoms with Gasteiger partial charge in [0.05, 0.1) is 16.6 Å². The number of aryl methyl sites for hydroxylation is 3. The fourth-order valence-corrected chi connectivity index (χ4v) is 2.44. The van der Waals surface area contributed by atoms with Crippen molar-refractivity contribution in [3.05, 3.63) is 23.0 Å². The molecule has 2 aromatic rings. The average molecular weight is 289 g/mol. The fourth-order valence-electron chi connectivity index (χ4n) is 2.44. The second-order valence-electron chi connectivity index (χ2n) is 5.63. The van der Waals surface area contributed by atoms with E-state index in [4.69, 9.17) is 0 Å². The highest BCUT2D eigenvalue weighted by molar-refractivity contribution is 6.06. The number of rotatable bonds is 5. The molecular formula is C15H23N5O. The van der Waals surface area contributed by atoms with Gasteiger partial charge in [0.2, 0.25) is 0 Å². The van der Waals surface area contributed by atoms with Crippen LogP contribution in [0.4, 0.5) is 0 Å². The SMILES string of the molecule is Cc1cc(C(=O)NCCCN(C)C)c2c(C)nn(C)c2n1. The lowest BCUT2D eigenvalue weighted by molar-refractivity contribution is 0.0953. The van der Waals surface area contributed by atoms with E-state index in [-0.39, 0.29) is 5.91 Å². The molecule has 0 fully saturated rings. The second kappa shape index (κ2) is 6.22. The van der Waals surface area contributed by atoms with Gasteiger partial charge in [0.1, 0.15) is 0 Å². The van der Waals surface area contributed by atoms with E-state index in [1.807, 2.05) is 41.1 Å². The van der Waals surface area contributed by atoms with Gasteiger partial charge >= 0.3 is 0 Å². The minimum atomic E-state index is -0.0552. The summed E-state index contributed by atoms with van der Waals surface area (Å²) in [5.74, 6) is -0.0552. The lowest BCUT2D eigenvalue weighted by Crippen LogP contribution is -2.27. The third-order valence-corrected chi connectivity index (χ3v) is 3.41. The van der Waals surface area contributed by atoms with Gasteiger partial charge in [-0.3, -0.25) is 9.48 Å². The second-order valence-corrected chi connectivity index (χ2v) is 5.63. The molecule has 0 radical (unpaired) electrons. The van der Waals surface area contributed by atoms with Gasteiger partial charge in [-0.05, 0) is 47.0 Å². The van der Waals surface area contributed by atoms with Gasteiger partial charge in [-0.25, -0.2) is 4.98 Å². The molecule has 2 heterocycles. The number of fused-ring (bicyclic) bond motifs is 1. The molecule has 6 nitrogen and oxygen atoms in total. The number of hydrogen-bond acceptors (Lipinski definition) is 4. The molecule has 114 valence electrons. The first-order chi connectivity index (χ1) is 9.90. The quantitative estimate of drug-likeness (QED) is 0.842. The van der Waals surface area contributed by atoms with Crippen molar-refractivity contribution < 1.29 is 4.79 Å². The monoisotopic (exact) mass is 289 g/mol. The van der Waals surface area contributed by atoms with Crippen LogP contribution in [-0.2, 0) is 7.05 Å². The number of amides is 1. The molecule has 0 spiro atoms. The van der Waals surface area contributed by atoms with Crippen LogP contribution in [-0.4, -0.2) is 52.8 Å². The van der Waals surface area contributed by atoms with Crippen LogP contribution in [0.5, 0.6) is 0 Å². The summed E-state index contributed by atoms with van der Waals surface area (Å²) < 4.78 is 1.72. The normalized spacial score (nSPS) is 11.3. The predicted molar refractivity (Wildman–Crippen MR) is 83.5 cm³/mol. The van der Waals surface area contributed by atoms with Crippen LogP contribution in [0.25, 0.3) is 11.0 Å². The maximum atomic E-state index is 12.4. The average Bonchev–Trinajstić information content (AvgIpc) is 2.68. The van der Waals surface area contributed by atoms with Crippen molar-refractivity contribution in [1.29, 1.82) is 0 Å². The van der Waals surface area contributed by atoms with E-state index in [0.29, 0.717) is 12.1 Å². The first kappa shape index (κ1) is 15.4. The molecule has 2 rings (SSSR count). The molecule has 1 amide bonds. The minimum absolute atomic E-state index is 0.0552. The maximum Gasteiger partial charge on any atom is 0.252 e. The van der Waals surface area contributed by atoms with E-state index in [2.05, 4.69) is 20.3 Å². The Bertz CT molecular complexity index is 660. The molecule has 0 saturated carbocycles. The van der Waals surface area contributed by atoms with E-state index in [9.17, 15) is 4.79 Å². The maximum absolute atomic E-state index is 12.4. The molecular weight excluding hydrogens is 266 g/mol. The van der Waals surface area contributed by atoms with Gasteiger partial charge in [0.15, 0.2) is 5.65 Å². The summed E-state index contributed by atoms with van der Waals surface area (Å²) in [4.78, 5) is 19.0. The lowest BCUT2D eigenvalue weighted by Gasteiger charge is -2.10. The summed E-state index contributed by atoms with van der Waals surface area (Å²) in [7, 11) is 5.90. The molecule has 0 aliphatic carbocycles. The molecule has 0 aliphatic heterocycles. The summed E-state index contributed by atoms with van der Waals surface area (Å²) in [6.07, 6.45) is 0.929. The van der Waals surface area contributed by atoms with Crippen molar-refractivity contribution in [1.82, 2.24) is 25.0 Å². The molecule has 0 aliphatic rings. The van der Waals surface area contributed by atoms with Gasteiger partial charge in [-0.1, -0.05) is 0 Å². The number of aromatic nitrogens is 3. The summed E-state index contributed by atoms with van der Waals surface area (Å²) in [5, 5.41) is 8.18. The number of carbonyl (C=O) groups excluding carboxylic acids is 1. The zero-order valence-electron chi connectivity index (χ0n) is 13.4. The van der Waals surface area contributed by atoms with E-state index in [1.54, 1.807) is 4.68 Å². The first-order valence-electron chi connectivity index (χ1n) is 7.14. The van der Waals surface area contributed by atoms with Crippen molar-refractivity contribution in [3.8, 4) is 0 Å². The Labute approximate surface area is 125 Å². The zero-order chi connectivity index (χ0) is 15.6. The van der Waals surface area contributed by atoms with Crippen molar-refractivity contribution in [2.24, 2.45) is 7.05 Å². The van der Waals surface area contributed by atoms with Crippen molar-refractivity contribution in [2.45, 2.75) is 20.3 Å². The molecule has 2 aromatic heterocycles. The van der Waals surface area contributed by atoms with Gasteiger partial charge in [-0.2, -0.15) is 5.10 Å². The largest absolute Gasteiger partial charge is 0.352 e. The Morgan fingerprint density at radius 2 is 2.10 bits per heavy atom. The number of hydrogen-bond donors (Lipinski definition) is 1. The van der Waals surface area contributed by atoms with Crippen LogP contribution in [0, 0.1) is 13.8 Å². The van der Waals surface area contributed by atoms with Gasteiger partial charge < -0.3 is 10.2 Å². The number of nitrogens with zero attached hydrogens (tertiary/aromatic N) is 4. The van der Waals surface area contributed by atoms with Gasteiger partial charge in [-0.15, -0.1) is 0 Å². The Morgan fingerprint density at radius 1 is 1.38 bits per heavy atom. The topological polar surface area (TPSA) is 63.1 Å². The van der Waals surface area contributed by atoms with Crippen LogP contribution in [0.2, 0.25) is 0 Å². The van der Waals surface area contributed by atoms with Crippen molar-refractivity contribution in [3.63, 3.8) is 0 Å². The number of pyridine rings is 1. The molecule has 0 bridgehead atoms. The molecule has 1 N–H and O–H groups in total. The predicted octanol–water partition coefficient (Wildman–Crippen LogP) is 1.27. The Kier molecular flexibility index (Phi) is 4.57. The standard InChI is InChI=1S/C15H23N5O/c1-10-9-12(15(21)16-7-6-8-19(3)4)13-11(2)18-20(5)14(13)17-10/h9H,6-8H2,1-5H3,(H,16,21). The number of carbonyl (C=O) groups is 1. The van der Waals surface area contributed by atoms with Gasteiger partial charge in [0, 0.05) is 19.3 Å². The zero-order valence-corrected chi connectivity index (χ0v) is 13.4. The minimum Gasteiger partial charge on any atom is -0.352 e. The molecule has 0 saturated heterocycles. The van der Waals surface area contributed by atoms with Crippen molar-refractivity contribution >= 4 is 16.9 Å². The van der Waals surface area contributed by atoms with Crippen LogP contribution in [0.15, 0.2) is 6.07 Å². The summed E-state index contributed by atoms with van der Waals surface area (Å²) in [6.45, 7) is 5.42. The van der Waals surface area contributed by atoms with Crippen molar-refractivity contribution in [2.75, 3.05) is 27.2 Å². The third-order valence-electron chi connectivity index (χ3n) is 3.41. The summed E-state index contributed by atoms with van der Waals surface area (Å²) in [6, 6.07) is 1.83. The highest BCUT2D eigenvalue weighted by Gasteiger charge is 2.17. The molecule has 6 heteroatoms. The van der Waals surface area contributed by atoms with E-state index >= 15 is 0 Å². The van der Waals surface area contributed by atoms with Crippen LogP contribution >= 0.6 is 0 Å². The Morgan fingerprint density at radius 3 is 2.76 bits per heavy atom. The summed E-state index contributed by atoms with van der Waals surface area (Å²) in [5.41, 5.74) is 3.07.